The zero-order chi connectivity index (χ0) is 12.1. The van der Waals surface area contributed by atoms with Crippen LogP contribution >= 0.6 is 11.6 Å². The van der Waals surface area contributed by atoms with Gasteiger partial charge in [0.2, 0.25) is 10.0 Å². The average Bonchev–Trinajstić information content (AvgIpc) is 2.01. The van der Waals surface area contributed by atoms with Gasteiger partial charge in [0.05, 0.1) is 5.75 Å². The van der Waals surface area contributed by atoms with Crippen LogP contribution in [0.15, 0.2) is 0 Å². The lowest BCUT2D eigenvalue weighted by molar-refractivity contribution is -0.136. The van der Waals surface area contributed by atoms with E-state index in [-0.39, 0.29) is 12.4 Å². The summed E-state index contributed by atoms with van der Waals surface area (Å²) in [6.07, 6.45) is -4.19. The second-order valence-electron chi connectivity index (χ2n) is 2.95. The van der Waals surface area contributed by atoms with Crippen LogP contribution in [-0.2, 0) is 10.0 Å². The van der Waals surface area contributed by atoms with Crippen LogP contribution in [0.25, 0.3) is 0 Å². The van der Waals surface area contributed by atoms with Crippen LogP contribution in [-0.4, -0.2) is 43.6 Å². The first kappa shape index (κ1) is 15.0. The molecule has 0 spiro atoms. The predicted molar refractivity (Wildman–Crippen MR) is 52.4 cm³/mol. The van der Waals surface area contributed by atoms with Gasteiger partial charge in [-0.05, 0) is 6.42 Å². The molecule has 0 aromatic carbocycles. The summed E-state index contributed by atoms with van der Waals surface area (Å²) in [4.78, 5) is 0. The molecule has 15 heavy (non-hydrogen) atoms. The van der Waals surface area contributed by atoms with Gasteiger partial charge < -0.3 is 0 Å². The Balaban J connectivity index is 4.66. The van der Waals surface area contributed by atoms with Crippen LogP contribution < -0.4 is 0 Å². The van der Waals surface area contributed by atoms with Gasteiger partial charge in [-0.2, -0.15) is 17.5 Å². The third-order valence-electron chi connectivity index (χ3n) is 1.56. The van der Waals surface area contributed by atoms with Crippen molar-refractivity contribution in [2.75, 3.05) is 24.7 Å². The summed E-state index contributed by atoms with van der Waals surface area (Å²) in [7, 11) is -3.89. The van der Waals surface area contributed by atoms with Crippen molar-refractivity contribution >= 4 is 21.6 Å². The molecule has 0 N–H and O–H groups in total. The molecule has 8 heteroatoms. The van der Waals surface area contributed by atoms with Gasteiger partial charge in [0, 0.05) is 12.4 Å². The normalized spacial score (nSPS) is 13.5. The summed E-state index contributed by atoms with van der Waals surface area (Å²) in [6.45, 7) is 0.0262. The van der Waals surface area contributed by atoms with Gasteiger partial charge >= 0.3 is 6.18 Å². The van der Waals surface area contributed by atoms with E-state index in [4.69, 9.17) is 11.6 Å². The molecule has 0 heterocycles. The average molecular weight is 268 g/mol. The predicted octanol–water partition coefficient (Wildman–Crippen LogP) is 1.83. The third-order valence-corrected chi connectivity index (χ3v) is 3.79. The maximum absolute atomic E-state index is 12.1. The van der Waals surface area contributed by atoms with E-state index >= 15 is 0 Å². The van der Waals surface area contributed by atoms with Gasteiger partial charge in [0.15, 0.2) is 0 Å². The molecule has 0 unspecified atom stereocenters. The number of rotatable bonds is 6. The summed E-state index contributed by atoms with van der Waals surface area (Å²) < 4.78 is 59.3. The van der Waals surface area contributed by atoms with Crippen molar-refractivity contribution in [1.29, 1.82) is 0 Å². The quantitative estimate of drug-likeness (QED) is 0.689. The summed E-state index contributed by atoms with van der Waals surface area (Å²) >= 11 is 5.21. The van der Waals surface area contributed by atoms with E-state index in [9.17, 15) is 21.6 Å². The first-order valence-corrected chi connectivity index (χ1v) is 6.48. The zero-order valence-corrected chi connectivity index (χ0v) is 9.79. The van der Waals surface area contributed by atoms with Crippen molar-refractivity contribution in [2.45, 2.75) is 19.5 Å². The molecule has 0 aromatic rings. The number of hydrogen-bond acceptors (Lipinski definition) is 2. The Morgan fingerprint density at radius 1 is 1.33 bits per heavy atom. The van der Waals surface area contributed by atoms with Crippen molar-refractivity contribution in [3.05, 3.63) is 0 Å². The van der Waals surface area contributed by atoms with Gasteiger partial charge in [-0.1, -0.05) is 6.92 Å². The highest BCUT2D eigenvalue weighted by molar-refractivity contribution is 7.89. The van der Waals surface area contributed by atoms with E-state index in [2.05, 4.69) is 0 Å². The molecule has 0 aromatic heterocycles. The molecule has 92 valence electrons. The molecule has 3 nitrogen and oxygen atoms in total. The Morgan fingerprint density at radius 2 is 1.87 bits per heavy atom. The van der Waals surface area contributed by atoms with Crippen LogP contribution in [0.5, 0.6) is 0 Å². The molecule has 0 amide bonds. The highest BCUT2D eigenvalue weighted by Crippen LogP contribution is 2.19. The number of alkyl halides is 4. The summed E-state index contributed by atoms with van der Waals surface area (Å²) in [6, 6.07) is 0. The molecule has 0 fully saturated rings. The standard InChI is InChI=1S/C7H13ClF3NO2S/c1-2-4-12(6-7(9,10)11)15(13,14)5-3-8/h2-6H2,1H3. The molecule has 0 aliphatic carbocycles. The molecule has 0 atom stereocenters. The maximum atomic E-state index is 12.1. The highest BCUT2D eigenvalue weighted by Gasteiger charge is 2.35. The Hall–Kier alpha value is -0.0100. The van der Waals surface area contributed by atoms with Crippen molar-refractivity contribution in [1.82, 2.24) is 4.31 Å². The van der Waals surface area contributed by atoms with E-state index in [1.165, 1.54) is 0 Å². The van der Waals surface area contributed by atoms with Crippen LogP contribution in [0.2, 0.25) is 0 Å². The van der Waals surface area contributed by atoms with Crippen LogP contribution in [0.1, 0.15) is 13.3 Å². The second-order valence-corrected chi connectivity index (χ2v) is 5.42. The first-order valence-electron chi connectivity index (χ1n) is 4.33. The number of nitrogens with zero attached hydrogens (tertiary/aromatic N) is 1. The molecular weight excluding hydrogens is 255 g/mol. The molecule has 0 aliphatic heterocycles. The highest BCUT2D eigenvalue weighted by atomic mass is 35.5. The summed E-state index contributed by atoms with van der Waals surface area (Å²) in [5.74, 6) is -0.676. The number of hydrogen-bond donors (Lipinski definition) is 0. The lowest BCUT2D eigenvalue weighted by Gasteiger charge is -2.22. The fourth-order valence-electron chi connectivity index (χ4n) is 0.992. The topological polar surface area (TPSA) is 37.4 Å². The van der Waals surface area contributed by atoms with Crippen LogP contribution in [0, 0.1) is 0 Å². The van der Waals surface area contributed by atoms with Crippen molar-refractivity contribution in [3.8, 4) is 0 Å². The molecule has 0 aliphatic rings. The second kappa shape index (κ2) is 5.91. The monoisotopic (exact) mass is 267 g/mol. The minimum atomic E-state index is -4.52. The number of halogens is 4. The van der Waals surface area contributed by atoms with Crippen molar-refractivity contribution in [3.63, 3.8) is 0 Å². The fraction of sp³-hybridized carbons (Fsp3) is 1.00. The van der Waals surface area contributed by atoms with Gasteiger partial charge in [-0.3, -0.25) is 0 Å². The Bertz CT molecular complexity index is 278. The Labute approximate surface area is 92.2 Å². The molecule has 0 radical (unpaired) electrons. The lowest BCUT2D eigenvalue weighted by Crippen LogP contribution is -2.40. The van der Waals surface area contributed by atoms with Crippen LogP contribution in [0.4, 0.5) is 13.2 Å². The molecule has 0 bridgehead atoms. The van der Waals surface area contributed by atoms with Gasteiger partial charge in [0.25, 0.3) is 0 Å². The van der Waals surface area contributed by atoms with E-state index < -0.39 is 28.5 Å². The minimum Gasteiger partial charge on any atom is -0.212 e. The SMILES string of the molecule is CCCN(CC(F)(F)F)S(=O)(=O)CCCl. The summed E-state index contributed by atoms with van der Waals surface area (Å²) in [5, 5.41) is 0. The summed E-state index contributed by atoms with van der Waals surface area (Å²) in [5.41, 5.74) is 0. The van der Waals surface area contributed by atoms with Crippen LogP contribution in [0.3, 0.4) is 0 Å². The molecule has 0 saturated carbocycles. The largest absolute Gasteiger partial charge is 0.402 e. The Kier molecular flexibility index (Phi) is 5.90. The molecule has 0 rings (SSSR count). The third kappa shape index (κ3) is 6.21. The van der Waals surface area contributed by atoms with Gasteiger partial charge in [-0.25, -0.2) is 8.42 Å². The minimum absolute atomic E-state index is 0.140. The Morgan fingerprint density at radius 3 is 2.20 bits per heavy atom. The van der Waals surface area contributed by atoms with E-state index in [0.29, 0.717) is 10.7 Å². The lowest BCUT2D eigenvalue weighted by atomic mass is 10.5. The van der Waals surface area contributed by atoms with Crippen molar-refractivity contribution < 1.29 is 21.6 Å². The van der Waals surface area contributed by atoms with E-state index in [1.807, 2.05) is 0 Å². The van der Waals surface area contributed by atoms with Crippen molar-refractivity contribution in [2.24, 2.45) is 0 Å². The first-order chi connectivity index (χ1) is 6.73. The zero-order valence-electron chi connectivity index (χ0n) is 8.22. The van der Waals surface area contributed by atoms with E-state index in [1.54, 1.807) is 6.92 Å². The molecular formula is C7H13ClF3NO2S. The maximum Gasteiger partial charge on any atom is 0.402 e. The van der Waals surface area contributed by atoms with Gasteiger partial charge in [0.1, 0.15) is 6.54 Å². The smallest absolute Gasteiger partial charge is 0.212 e. The number of sulfonamides is 1. The van der Waals surface area contributed by atoms with Gasteiger partial charge in [-0.15, -0.1) is 11.6 Å². The molecule has 0 saturated heterocycles. The fourth-order valence-corrected chi connectivity index (χ4v) is 2.83. The van der Waals surface area contributed by atoms with E-state index in [0.717, 1.165) is 0 Å².